The van der Waals surface area contributed by atoms with Crippen LogP contribution in [0.5, 0.6) is 0 Å². The van der Waals surface area contributed by atoms with Crippen molar-refractivity contribution in [2.24, 2.45) is 5.10 Å². The Bertz CT molecular complexity index is 883. The highest BCUT2D eigenvalue weighted by molar-refractivity contribution is 6.30. The lowest BCUT2D eigenvalue weighted by Crippen LogP contribution is -2.17. The van der Waals surface area contributed by atoms with E-state index in [1.54, 1.807) is 24.4 Å². The predicted octanol–water partition coefficient (Wildman–Crippen LogP) is 4.06. The Morgan fingerprint density at radius 3 is 2.60 bits per heavy atom. The van der Waals surface area contributed by atoms with Crippen molar-refractivity contribution in [3.8, 4) is 11.3 Å². The predicted molar refractivity (Wildman–Crippen MR) is 99.9 cm³/mol. The number of aryl methyl sites for hydroxylation is 1. The number of H-pyrrole nitrogens is 1. The summed E-state index contributed by atoms with van der Waals surface area (Å²) in [6, 6.07) is 16.9. The molecule has 0 aliphatic rings. The number of rotatable bonds is 5. The molecule has 6 heteroatoms. The van der Waals surface area contributed by atoms with Gasteiger partial charge in [-0.3, -0.25) is 9.89 Å². The Morgan fingerprint density at radius 1 is 1.20 bits per heavy atom. The summed E-state index contributed by atoms with van der Waals surface area (Å²) < 4.78 is 0. The lowest BCUT2D eigenvalue weighted by Gasteiger charge is -1.98. The second kappa shape index (κ2) is 7.77. The first kappa shape index (κ1) is 16.9. The van der Waals surface area contributed by atoms with E-state index < -0.39 is 0 Å². The number of hydrogen-bond acceptors (Lipinski definition) is 3. The molecule has 2 N–H and O–H groups in total. The lowest BCUT2D eigenvalue weighted by atomic mass is 10.1. The monoisotopic (exact) mass is 352 g/mol. The smallest absolute Gasteiger partial charge is 0.272 e. The van der Waals surface area contributed by atoms with Crippen LogP contribution in [0.2, 0.25) is 5.02 Å². The molecule has 1 amide bonds. The van der Waals surface area contributed by atoms with Crippen molar-refractivity contribution in [3.63, 3.8) is 0 Å². The molecule has 0 saturated heterocycles. The zero-order valence-electron chi connectivity index (χ0n) is 13.7. The standard InChI is InChI=1S/C19H17ClN4O/c1-2-13-3-5-14(6-4-13)12-21-24-19(25)18-11-17(22-23-18)15-7-9-16(20)10-8-15/h3-12H,2H2,1H3,(H,22,23)(H,24,25)/b21-12-. The number of benzene rings is 2. The van der Waals surface area contributed by atoms with Gasteiger partial charge >= 0.3 is 0 Å². The molecule has 5 nitrogen and oxygen atoms in total. The highest BCUT2D eigenvalue weighted by atomic mass is 35.5. The Hall–Kier alpha value is -2.92. The summed E-state index contributed by atoms with van der Waals surface area (Å²) in [7, 11) is 0. The summed E-state index contributed by atoms with van der Waals surface area (Å²) in [6.07, 6.45) is 2.59. The van der Waals surface area contributed by atoms with E-state index in [-0.39, 0.29) is 5.91 Å². The van der Waals surface area contributed by atoms with E-state index in [2.05, 4.69) is 27.6 Å². The van der Waals surface area contributed by atoms with Gasteiger partial charge in [0, 0.05) is 10.6 Å². The molecule has 0 aliphatic heterocycles. The van der Waals surface area contributed by atoms with Gasteiger partial charge in [-0.05, 0) is 35.7 Å². The maximum absolute atomic E-state index is 12.1. The largest absolute Gasteiger partial charge is 0.289 e. The molecule has 0 aliphatic carbocycles. The van der Waals surface area contributed by atoms with Gasteiger partial charge in [-0.1, -0.05) is 54.9 Å². The molecule has 0 atom stereocenters. The van der Waals surface area contributed by atoms with Gasteiger partial charge in [-0.25, -0.2) is 5.43 Å². The molecular weight excluding hydrogens is 336 g/mol. The molecule has 0 saturated carbocycles. The number of amides is 1. The summed E-state index contributed by atoms with van der Waals surface area (Å²) in [5.41, 5.74) is 6.54. The lowest BCUT2D eigenvalue weighted by molar-refractivity contribution is 0.0950. The fourth-order valence-electron chi connectivity index (χ4n) is 2.27. The molecule has 25 heavy (non-hydrogen) atoms. The molecule has 2 aromatic carbocycles. The second-order valence-corrected chi connectivity index (χ2v) is 5.90. The Balaban J connectivity index is 1.63. The SMILES string of the molecule is CCc1ccc(/C=N\NC(=O)c2cc(-c3ccc(Cl)cc3)n[nH]2)cc1. The van der Waals surface area contributed by atoms with Crippen molar-refractivity contribution in [2.75, 3.05) is 0 Å². The molecule has 1 aromatic heterocycles. The zero-order chi connectivity index (χ0) is 17.6. The average molecular weight is 353 g/mol. The van der Waals surface area contributed by atoms with Crippen molar-refractivity contribution in [1.29, 1.82) is 0 Å². The van der Waals surface area contributed by atoms with Gasteiger partial charge in [0.2, 0.25) is 0 Å². The van der Waals surface area contributed by atoms with E-state index in [9.17, 15) is 4.79 Å². The summed E-state index contributed by atoms with van der Waals surface area (Å²) in [4.78, 5) is 12.1. The Morgan fingerprint density at radius 2 is 1.92 bits per heavy atom. The molecule has 0 spiro atoms. The minimum atomic E-state index is -0.353. The number of carbonyl (C=O) groups is 1. The molecule has 0 fully saturated rings. The van der Waals surface area contributed by atoms with Gasteiger partial charge in [-0.2, -0.15) is 10.2 Å². The number of hydrogen-bond donors (Lipinski definition) is 2. The van der Waals surface area contributed by atoms with Crippen LogP contribution in [0.25, 0.3) is 11.3 Å². The first-order valence-corrected chi connectivity index (χ1v) is 8.27. The van der Waals surface area contributed by atoms with E-state index in [4.69, 9.17) is 11.6 Å². The van der Waals surface area contributed by atoms with Crippen molar-refractivity contribution in [3.05, 3.63) is 76.4 Å². The number of halogens is 1. The van der Waals surface area contributed by atoms with E-state index in [0.717, 1.165) is 17.5 Å². The van der Waals surface area contributed by atoms with Crippen LogP contribution in [0.3, 0.4) is 0 Å². The number of aromatic nitrogens is 2. The molecule has 0 radical (unpaired) electrons. The third-order valence-electron chi connectivity index (χ3n) is 3.73. The van der Waals surface area contributed by atoms with Crippen LogP contribution in [0.4, 0.5) is 0 Å². The van der Waals surface area contributed by atoms with Crippen LogP contribution >= 0.6 is 11.6 Å². The van der Waals surface area contributed by atoms with E-state index in [0.29, 0.717) is 16.4 Å². The molecule has 1 heterocycles. The summed E-state index contributed by atoms with van der Waals surface area (Å²) in [6.45, 7) is 2.10. The number of aromatic amines is 1. The molecule has 0 bridgehead atoms. The minimum absolute atomic E-state index is 0.337. The van der Waals surface area contributed by atoms with Crippen LogP contribution in [-0.4, -0.2) is 22.3 Å². The molecule has 3 aromatic rings. The second-order valence-electron chi connectivity index (χ2n) is 5.47. The third-order valence-corrected chi connectivity index (χ3v) is 3.98. The maximum Gasteiger partial charge on any atom is 0.289 e. The van der Waals surface area contributed by atoms with Crippen molar-refractivity contribution < 1.29 is 4.79 Å². The molecule has 0 unspecified atom stereocenters. The van der Waals surface area contributed by atoms with E-state index in [1.165, 1.54) is 5.56 Å². The Labute approximate surface area is 150 Å². The quantitative estimate of drug-likeness (QED) is 0.537. The highest BCUT2D eigenvalue weighted by Crippen LogP contribution is 2.20. The van der Waals surface area contributed by atoms with Crippen LogP contribution < -0.4 is 5.43 Å². The summed E-state index contributed by atoms with van der Waals surface area (Å²) in [5.74, 6) is -0.353. The highest BCUT2D eigenvalue weighted by Gasteiger charge is 2.10. The third kappa shape index (κ3) is 4.33. The topological polar surface area (TPSA) is 70.1 Å². The number of nitrogens with one attached hydrogen (secondary N) is 2. The Kier molecular flexibility index (Phi) is 5.26. The van der Waals surface area contributed by atoms with Crippen LogP contribution in [-0.2, 0) is 6.42 Å². The normalized spacial score (nSPS) is 11.0. The number of hydrazone groups is 1. The summed E-state index contributed by atoms with van der Waals surface area (Å²) >= 11 is 5.87. The minimum Gasteiger partial charge on any atom is -0.272 e. The first-order valence-electron chi connectivity index (χ1n) is 7.89. The van der Waals surface area contributed by atoms with Crippen molar-refractivity contribution in [2.45, 2.75) is 13.3 Å². The maximum atomic E-state index is 12.1. The fraction of sp³-hybridized carbons (Fsp3) is 0.105. The van der Waals surface area contributed by atoms with Gasteiger partial charge in [0.25, 0.3) is 5.91 Å². The van der Waals surface area contributed by atoms with Crippen LogP contribution in [0.1, 0.15) is 28.5 Å². The average Bonchev–Trinajstić information content (AvgIpc) is 3.13. The molecular formula is C19H17ClN4O. The molecule has 3 rings (SSSR count). The van der Waals surface area contributed by atoms with Crippen molar-refractivity contribution >= 4 is 23.7 Å². The van der Waals surface area contributed by atoms with E-state index >= 15 is 0 Å². The zero-order valence-corrected chi connectivity index (χ0v) is 14.4. The van der Waals surface area contributed by atoms with Gasteiger partial charge in [-0.15, -0.1) is 0 Å². The van der Waals surface area contributed by atoms with Gasteiger partial charge in [0.1, 0.15) is 5.69 Å². The number of carbonyl (C=O) groups excluding carboxylic acids is 1. The van der Waals surface area contributed by atoms with Crippen molar-refractivity contribution in [1.82, 2.24) is 15.6 Å². The fourth-order valence-corrected chi connectivity index (χ4v) is 2.40. The van der Waals surface area contributed by atoms with E-state index in [1.807, 2.05) is 36.4 Å². The first-order chi connectivity index (χ1) is 12.2. The van der Waals surface area contributed by atoms with Gasteiger partial charge in [0.15, 0.2) is 0 Å². The van der Waals surface area contributed by atoms with Crippen LogP contribution in [0, 0.1) is 0 Å². The van der Waals surface area contributed by atoms with Gasteiger partial charge in [0.05, 0.1) is 11.9 Å². The summed E-state index contributed by atoms with van der Waals surface area (Å²) in [5, 5.41) is 11.5. The van der Waals surface area contributed by atoms with Crippen LogP contribution in [0.15, 0.2) is 59.7 Å². The molecule has 126 valence electrons. The number of nitrogens with zero attached hydrogens (tertiary/aromatic N) is 2. The van der Waals surface area contributed by atoms with Gasteiger partial charge < -0.3 is 0 Å².